The van der Waals surface area contributed by atoms with Crippen molar-refractivity contribution in [2.45, 2.75) is 6.92 Å². The summed E-state index contributed by atoms with van der Waals surface area (Å²) >= 11 is 0. The third-order valence-corrected chi connectivity index (χ3v) is 1.31. The van der Waals surface area contributed by atoms with Crippen LogP contribution in [0.2, 0.25) is 0 Å². The molecule has 56 valence electrons. The van der Waals surface area contributed by atoms with Gasteiger partial charge in [-0.05, 0) is 18.6 Å². The summed E-state index contributed by atoms with van der Waals surface area (Å²) in [6.45, 7) is 1.64. The van der Waals surface area contributed by atoms with Gasteiger partial charge in [0.15, 0.2) is 0 Å². The van der Waals surface area contributed by atoms with E-state index in [0.717, 1.165) is 0 Å². The second kappa shape index (κ2) is 3.02. The molecule has 0 bridgehead atoms. The lowest BCUT2D eigenvalue weighted by Crippen LogP contribution is -1.85. The number of hydrogen-bond acceptors (Lipinski definition) is 2. The van der Waals surface area contributed by atoms with Crippen LogP contribution in [0.15, 0.2) is 18.2 Å². The number of benzene rings is 1. The van der Waals surface area contributed by atoms with Crippen molar-refractivity contribution >= 4 is 0 Å². The predicted octanol–water partition coefficient (Wildman–Crippen LogP) is 1.99. The molecule has 1 rings (SSSR count). The van der Waals surface area contributed by atoms with E-state index in [1.54, 1.807) is 19.1 Å². The summed E-state index contributed by atoms with van der Waals surface area (Å²) in [4.78, 5) is 0. The minimum Gasteiger partial charge on any atom is -0.388 e. The molecule has 0 heterocycles. The zero-order chi connectivity index (χ0) is 8.27. The van der Waals surface area contributed by atoms with Crippen LogP contribution in [0.5, 0.6) is 5.75 Å². The number of nitrogens with zero attached hydrogens (tertiary/aromatic N) is 1. The Balaban J connectivity index is 2.98. The van der Waals surface area contributed by atoms with Gasteiger partial charge in [0.05, 0.1) is 0 Å². The largest absolute Gasteiger partial charge is 0.388 e. The molecule has 0 spiro atoms. The molecule has 1 aromatic rings. The Hall–Kier alpha value is -1.56. The van der Waals surface area contributed by atoms with Gasteiger partial charge in [0.1, 0.15) is 11.6 Å². The highest BCUT2D eigenvalue weighted by atomic mass is 19.1. The molecule has 11 heavy (non-hydrogen) atoms. The zero-order valence-corrected chi connectivity index (χ0v) is 5.97. The first-order chi connectivity index (χ1) is 5.24. The fourth-order valence-electron chi connectivity index (χ4n) is 0.690. The Morgan fingerprint density at radius 3 is 2.82 bits per heavy atom. The van der Waals surface area contributed by atoms with Crippen molar-refractivity contribution in [3.63, 3.8) is 0 Å². The van der Waals surface area contributed by atoms with E-state index in [0.29, 0.717) is 5.56 Å². The highest BCUT2D eigenvalue weighted by molar-refractivity contribution is 5.28. The molecule has 0 radical (unpaired) electrons. The molecule has 0 N–H and O–H groups in total. The van der Waals surface area contributed by atoms with Crippen LogP contribution >= 0.6 is 0 Å². The summed E-state index contributed by atoms with van der Waals surface area (Å²) in [6.07, 6.45) is 1.46. The van der Waals surface area contributed by atoms with Gasteiger partial charge in [0, 0.05) is 6.07 Å². The van der Waals surface area contributed by atoms with E-state index < -0.39 is 0 Å². The fraction of sp³-hybridized carbons (Fsp3) is 0.125. The maximum absolute atomic E-state index is 12.7. The smallest absolute Gasteiger partial charge is 0.292 e. The van der Waals surface area contributed by atoms with Gasteiger partial charge in [0.2, 0.25) is 0 Å². The van der Waals surface area contributed by atoms with Crippen molar-refractivity contribution in [2.24, 2.45) is 0 Å². The Bertz CT molecular complexity index is 303. The average molecular weight is 151 g/mol. The van der Waals surface area contributed by atoms with E-state index in [2.05, 4.69) is 4.74 Å². The molecule has 0 atom stereocenters. The highest BCUT2D eigenvalue weighted by Gasteiger charge is 1.98. The molecule has 0 aliphatic carbocycles. The molecule has 0 saturated heterocycles. The van der Waals surface area contributed by atoms with E-state index in [1.807, 2.05) is 0 Å². The summed E-state index contributed by atoms with van der Waals surface area (Å²) in [7, 11) is 0. The van der Waals surface area contributed by atoms with Crippen LogP contribution in [0.4, 0.5) is 4.39 Å². The minimum atomic E-state index is -0.363. The van der Waals surface area contributed by atoms with Crippen molar-refractivity contribution in [3.05, 3.63) is 29.6 Å². The number of hydrogen-bond donors (Lipinski definition) is 0. The summed E-state index contributed by atoms with van der Waals surface area (Å²) in [6, 6.07) is 4.28. The first kappa shape index (κ1) is 7.55. The molecule has 0 saturated carbocycles. The standard InChI is InChI=1S/C8H6FNO/c1-6-2-3-7(11-5-10)4-8(6)9/h2-4H,1H3. The normalized spacial score (nSPS) is 8.82. The maximum Gasteiger partial charge on any atom is 0.292 e. The summed E-state index contributed by atoms with van der Waals surface area (Å²) < 4.78 is 17.1. The number of rotatable bonds is 1. The van der Waals surface area contributed by atoms with Gasteiger partial charge in [-0.15, -0.1) is 5.26 Å². The fourth-order valence-corrected chi connectivity index (χ4v) is 0.690. The van der Waals surface area contributed by atoms with Crippen molar-refractivity contribution in [3.8, 4) is 12.0 Å². The van der Waals surface area contributed by atoms with Crippen molar-refractivity contribution in [1.82, 2.24) is 0 Å². The molecule has 0 fully saturated rings. The molecular weight excluding hydrogens is 145 g/mol. The second-order valence-corrected chi connectivity index (χ2v) is 2.10. The van der Waals surface area contributed by atoms with Gasteiger partial charge in [-0.1, -0.05) is 6.07 Å². The van der Waals surface area contributed by atoms with Crippen LogP contribution in [-0.2, 0) is 0 Å². The molecule has 2 nitrogen and oxygen atoms in total. The Labute approximate surface area is 63.8 Å². The van der Waals surface area contributed by atoms with Crippen molar-refractivity contribution < 1.29 is 9.13 Å². The van der Waals surface area contributed by atoms with E-state index >= 15 is 0 Å². The van der Waals surface area contributed by atoms with E-state index in [1.165, 1.54) is 12.3 Å². The summed E-state index contributed by atoms with van der Waals surface area (Å²) in [5.74, 6) is -0.131. The van der Waals surface area contributed by atoms with E-state index in [9.17, 15) is 4.39 Å². The van der Waals surface area contributed by atoms with Crippen molar-refractivity contribution in [2.75, 3.05) is 0 Å². The highest BCUT2D eigenvalue weighted by Crippen LogP contribution is 2.14. The van der Waals surface area contributed by atoms with Gasteiger partial charge < -0.3 is 4.74 Å². The Kier molecular flexibility index (Phi) is 2.07. The lowest BCUT2D eigenvalue weighted by molar-refractivity contribution is 0.499. The van der Waals surface area contributed by atoms with Crippen LogP contribution in [0.25, 0.3) is 0 Å². The number of ether oxygens (including phenoxy) is 1. The van der Waals surface area contributed by atoms with Crippen LogP contribution in [-0.4, -0.2) is 0 Å². The molecule has 3 heteroatoms. The summed E-state index contributed by atoms with van der Waals surface area (Å²) in [5, 5.41) is 8.09. The van der Waals surface area contributed by atoms with Crippen LogP contribution in [0.3, 0.4) is 0 Å². The first-order valence-corrected chi connectivity index (χ1v) is 3.06. The lowest BCUT2D eigenvalue weighted by Gasteiger charge is -1.97. The van der Waals surface area contributed by atoms with E-state index in [4.69, 9.17) is 5.26 Å². The SMILES string of the molecule is Cc1ccc(OC#N)cc1F. The zero-order valence-electron chi connectivity index (χ0n) is 5.97. The third kappa shape index (κ3) is 1.68. The molecule has 0 amide bonds. The van der Waals surface area contributed by atoms with Crippen LogP contribution in [0, 0.1) is 24.3 Å². The number of nitriles is 1. The third-order valence-electron chi connectivity index (χ3n) is 1.31. The van der Waals surface area contributed by atoms with Gasteiger partial charge >= 0.3 is 0 Å². The van der Waals surface area contributed by atoms with Gasteiger partial charge in [0.25, 0.3) is 6.26 Å². The molecule has 0 aromatic heterocycles. The Morgan fingerprint density at radius 2 is 2.27 bits per heavy atom. The predicted molar refractivity (Wildman–Crippen MR) is 37.4 cm³/mol. The van der Waals surface area contributed by atoms with Gasteiger partial charge in [-0.3, -0.25) is 0 Å². The molecule has 0 aliphatic heterocycles. The maximum atomic E-state index is 12.7. The number of aryl methyl sites for hydroxylation is 1. The van der Waals surface area contributed by atoms with Gasteiger partial charge in [-0.2, -0.15) is 0 Å². The van der Waals surface area contributed by atoms with Gasteiger partial charge in [-0.25, -0.2) is 4.39 Å². The summed E-state index contributed by atoms with van der Waals surface area (Å²) in [5.41, 5.74) is 0.537. The average Bonchev–Trinajstić information content (AvgIpc) is 1.98. The molecule has 0 unspecified atom stereocenters. The topological polar surface area (TPSA) is 33.0 Å². The molecule has 0 aliphatic rings. The van der Waals surface area contributed by atoms with Crippen molar-refractivity contribution in [1.29, 1.82) is 5.26 Å². The molecular formula is C8H6FNO. The molecule has 1 aromatic carbocycles. The minimum absolute atomic E-state index is 0.232. The quantitative estimate of drug-likeness (QED) is 0.575. The van der Waals surface area contributed by atoms with E-state index in [-0.39, 0.29) is 11.6 Å². The first-order valence-electron chi connectivity index (χ1n) is 3.06. The Morgan fingerprint density at radius 1 is 1.55 bits per heavy atom. The second-order valence-electron chi connectivity index (χ2n) is 2.10. The van der Waals surface area contributed by atoms with Crippen LogP contribution in [0.1, 0.15) is 5.56 Å². The monoisotopic (exact) mass is 151 g/mol. The van der Waals surface area contributed by atoms with Crippen LogP contribution < -0.4 is 4.74 Å². The lowest BCUT2D eigenvalue weighted by atomic mass is 10.2. The number of halogens is 1.